The summed E-state index contributed by atoms with van der Waals surface area (Å²) in [6, 6.07) is 5.25. The number of phenolic OH excluding ortho intramolecular Hbond substituents is 1. The van der Waals surface area contributed by atoms with Gasteiger partial charge in [0.25, 0.3) is 0 Å². The van der Waals surface area contributed by atoms with Gasteiger partial charge in [-0.25, -0.2) is 4.98 Å². The van der Waals surface area contributed by atoms with Crippen molar-refractivity contribution in [1.82, 2.24) is 9.55 Å². The maximum Gasteiger partial charge on any atom is 0.451 e. The SMILES string of the molecule is OB(O)CCCCn1cnc2cccc(O)c21. The van der Waals surface area contributed by atoms with Crippen LogP contribution in [0.25, 0.3) is 11.0 Å². The van der Waals surface area contributed by atoms with Gasteiger partial charge in [-0.3, -0.25) is 0 Å². The number of para-hydroxylation sites is 1. The number of imidazole rings is 1. The molecule has 1 aromatic carbocycles. The molecule has 5 nitrogen and oxygen atoms in total. The first kappa shape index (κ1) is 11.9. The summed E-state index contributed by atoms with van der Waals surface area (Å²) < 4.78 is 1.88. The second-order valence-electron chi connectivity index (χ2n) is 4.06. The van der Waals surface area contributed by atoms with Crippen LogP contribution in [0, 0.1) is 0 Å². The molecule has 2 rings (SSSR count). The zero-order valence-corrected chi connectivity index (χ0v) is 9.45. The fourth-order valence-corrected chi connectivity index (χ4v) is 1.89. The number of fused-ring (bicyclic) bond motifs is 1. The fraction of sp³-hybridized carbons (Fsp3) is 0.364. The van der Waals surface area contributed by atoms with Gasteiger partial charge in [-0.1, -0.05) is 12.5 Å². The van der Waals surface area contributed by atoms with Gasteiger partial charge in [-0.2, -0.15) is 0 Å². The van der Waals surface area contributed by atoms with Gasteiger partial charge in [0.1, 0.15) is 11.3 Å². The van der Waals surface area contributed by atoms with E-state index < -0.39 is 7.12 Å². The molecule has 0 saturated carbocycles. The van der Waals surface area contributed by atoms with E-state index >= 15 is 0 Å². The Morgan fingerprint density at radius 1 is 1.24 bits per heavy atom. The summed E-state index contributed by atoms with van der Waals surface area (Å²) in [6.07, 6.45) is 3.61. The lowest BCUT2D eigenvalue weighted by atomic mass is 9.84. The zero-order valence-electron chi connectivity index (χ0n) is 9.45. The van der Waals surface area contributed by atoms with Crippen molar-refractivity contribution in [3.05, 3.63) is 24.5 Å². The minimum absolute atomic E-state index is 0.224. The summed E-state index contributed by atoms with van der Waals surface area (Å²) in [5, 5.41) is 27.2. The first-order valence-corrected chi connectivity index (χ1v) is 5.67. The molecule has 1 heterocycles. The Labute approximate surface area is 99.5 Å². The van der Waals surface area contributed by atoms with Gasteiger partial charge >= 0.3 is 7.12 Å². The molecule has 2 aromatic rings. The summed E-state index contributed by atoms with van der Waals surface area (Å²) in [5.41, 5.74) is 1.50. The van der Waals surface area contributed by atoms with Crippen LogP contribution in [0.1, 0.15) is 12.8 Å². The van der Waals surface area contributed by atoms with Crippen LogP contribution in [0.15, 0.2) is 24.5 Å². The third-order valence-electron chi connectivity index (χ3n) is 2.73. The maximum absolute atomic E-state index is 9.74. The van der Waals surface area contributed by atoms with E-state index in [0.717, 1.165) is 23.9 Å². The standard InChI is InChI=1S/C11H15BN2O3/c15-10-5-3-4-9-11(10)14(8-13-9)7-2-1-6-12(16)17/h3-5,8,15-17H,1-2,6-7H2. The average Bonchev–Trinajstić information content (AvgIpc) is 2.69. The van der Waals surface area contributed by atoms with Crippen LogP contribution >= 0.6 is 0 Å². The van der Waals surface area contributed by atoms with Gasteiger partial charge in [0, 0.05) is 6.54 Å². The maximum atomic E-state index is 9.74. The number of nitrogens with zero attached hydrogens (tertiary/aromatic N) is 2. The van der Waals surface area contributed by atoms with Crippen molar-refractivity contribution in [3.8, 4) is 5.75 Å². The Balaban J connectivity index is 2.04. The largest absolute Gasteiger partial charge is 0.506 e. The number of benzene rings is 1. The first-order valence-electron chi connectivity index (χ1n) is 5.67. The van der Waals surface area contributed by atoms with Crippen molar-refractivity contribution in [1.29, 1.82) is 0 Å². The lowest BCUT2D eigenvalue weighted by Gasteiger charge is -2.05. The minimum Gasteiger partial charge on any atom is -0.506 e. The smallest absolute Gasteiger partial charge is 0.451 e. The third-order valence-corrected chi connectivity index (χ3v) is 2.73. The van der Waals surface area contributed by atoms with E-state index in [1.165, 1.54) is 0 Å². The van der Waals surface area contributed by atoms with Crippen LogP contribution in [-0.2, 0) is 6.54 Å². The number of aromatic hydroxyl groups is 1. The van der Waals surface area contributed by atoms with Crippen molar-refractivity contribution < 1.29 is 15.2 Å². The highest BCUT2D eigenvalue weighted by Gasteiger charge is 2.08. The van der Waals surface area contributed by atoms with E-state index in [-0.39, 0.29) is 5.75 Å². The molecule has 17 heavy (non-hydrogen) atoms. The molecule has 90 valence electrons. The second-order valence-corrected chi connectivity index (χ2v) is 4.06. The molecular formula is C11H15BN2O3. The number of hydrogen-bond donors (Lipinski definition) is 3. The molecule has 0 saturated heterocycles. The van der Waals surface area contributed by atoms with Gasteiger partial charge in [0.05, 0.1) is 11.8 Å². The Morgan fingerprint density at radius 2 is 2.06 bits per heavy atom. The normalized spacial score (nSPS) is 10.9. The molecule has 0 aliphatic carbocycles. The predicted molar refractivity (Wildman–Crippen MR) is 65.6 cm³/mol. The molecule has 0 aliphatic rings. The van der Waals surface area contributed by atoms with Gasteiger partial charge in [-0.15, -0.1) is 0 Å². The van der Waals surface area contributed by atoms with Gasteiger partial charge in [0.2, 0.25) is 0 Å². The predicted octanol–water partition coefficient (Wildman–Crippen LogP) is 0.995. The third kappa shape index (κ3) is 2.78. The molecule has 0 bridgehead atoms. The molecule has 0 unspecified atom stereocenters. The lowest BCUT2D eigenvalue weighted by molar-refractivity contribution is 0.401. The molecular weight excluding hydrogens is 219 g/mol. The van der Waals surface area contributed by atoms with Crippen LogP contribution in [-0.4, -0.2) is 31.8 Å². The summed E-state index contributed by atoms with van der Waals surface area (Å²) in [5.74, 6) is 0.224. The number of rotatable bonds is 5. The first-order chi connectivity index (χ1) is 8.18. The topological polar surface area (TPSA) is 78.5 Å². The Morgan fingerprint density at radius 3 is 2.82 bits per heavy atom. The monoisotopic (exact) mass is 234 g/mol. The molecule has 0 aliphatic heterocycles. The number of aryl methyl sites for hydroxylation is 1. The number of unbranched alkanes of at least 4 members (excludes halogenated alkanes) is 1. The highest BCUT2D eigenvalue weighted by Crippen LogP contribution is 2.23. The van der Waals surface area contributed by atoms with Crippen molar-refractivity contribution in [3.63, 3.8) is 0 Å². The number of phenols is 1. The van der Waals surface area contributed by atoms with E-state index in [1.54, 1.807) is 18.5 Å². The van der Waals surface area contributed by atoms with E-state index in [1.807, 2.05) is 10.6 Å². The summed E-state index contributed by atoms with van der Waals surface area (Å²) in [4.78, 5) is 4.20. The van der Waals surface area contributed by atoms with Crippen molar-refractivity contribution in [2.24, 2.45) is 0 Å². The molecule has 6 heteroatoms. The van der Waals surface area contributed by atoms with Gasteiger partial charge in [0.15, 0.2) is 0 Å². The Hall–Kier alpha value is -1.53. The van der Waals surface area contributed by atoms with Crippen LogP contribution in [0.2, 0.25) is 6.32 Å². The minimum atomic E-state index is -1.23. The van der Waals surface area contributed by atoms with Gasteiger partial charge < -0.3 is 19.7 Å². The zero-order chi connectivity index (χ0) is 12.3. The van der Waals surface area contributed by atoms with Crippen molar-refractivity contribution >= 4 is 18.2 Å². The van der Waals surface area contributed by atoms with Crippen molar-refractivity contribution in [2.45, 2.75) is 25.7 Å². The Kier molecular flexibility index (Phi) is 3.66. The average molecular weight is 234 g/mol. The molecule has 1 aromatic heterocycles. The van der Waals surface area contributed by atoms with E-state index in [2.05, 4.69) is 4.98 Å². The van der Waals surface area contributed by atoms with Crippen LogP contribution < -0.4 is 0 Å². The molecule has 0 radical (unpaired) electrons. The van der Waals surface area contributed by atoms with Crippen molar-refractivity contribution in [2.75, 3.05) is 0 Å². The van der Waals surface area contributed by atoms with Crippen LogP contribution in [0.3, 0.4) is 0 Å². The van der Waals surface area contributed by atoms with E-state index in [9.17, 15) is 5.11 Å². The van der Waals surface area contributed by atoms with E-state index in [0.29, 0.717) is 12.9 Å². The van der Waals surface area contributed by atoms with Gasteiger partial charge in [-0.05, 0) is 24.9 Å². The molecule has 3 N–H and O–H groups in total. The van der Waals surface area contributed by atoms with Crippen LogP contribution in [0.4, 0.5) is 0 Å². The highest BCUT2D eigenvalue weighted by molar-refractivity contribution is 6.40. The fourth-order valence-electron chi connectivity index (χ4n) is 1.89. The van der Waals surface area contributed by atoms with Crippen LogP contribution in [0.5, 0.6) is 5.75 Å². The summed E-state index contributed by atoms with van der Waals surface area (Å²) in [7, 11) is -1.23. The number of aromatic nitrogens is 2. The number of hydrogen-bond acceptors (Lipinski definition) is 4. The summed E-state index contributed by atoms with van der Waals surface area (Å²) in [6.45, 7) is 0.709. The quantitative estimate of drug-likeness (QED) is 0.532. The lowest BCUT2D eigenvalue weighted by Crippen LogP contribution is -2.10. The summed E-state index contributed by atoms with van der Waals surface area (Å²) >= 11 is 0. The molecule has 0 atom stereocenters. The second kappa shape index (κ2) is 5.20. The molecule has 0 spiro atoms. The van der Waals surface area contributed by atoms with E-state index in [4.69, 9.17) is 10.0 Å². The highest BCUT2D eigenvalue weighted by atomic mass is 16.4. The Bertz CT molecular complexity index is 498. The molecule has 0 fully saturated rings. The molecule has 0 amide bonds.